The van der Waals surface area contributed by atoms with Gasteiger partial charge in [-0.25, -0.2) is 4.79 Å². The number of carbonyl (C=O) groups excluding carboxylic acids is 2. The second-order valence-corrected chi connectivity index (χ2v) is 6.22. The van der Waals surface area contributed by atoms with E-state index in [0.717, 1.165) is 24.4 Å². The van der Waals surface area contributed by atoms with Crippen molar-refractivity contribution in [2.45, 2.75) is 33.7 Å². The predicted octanol–water partition coefficient (Wildman–Crippen LogP) is 4.31. The maximum Gasteiger partial charge on any atom is 0.331 e. The molecule has 0 fully saturated rings. The molecule has 0 aromatic carbocycles. The van der Waals surface area contributed by atoms with Crippen molar-refractivity contribution in [3.63, 3.8) is 0 Å². The maximum atomic E-state index is 12.3. The zero-order chi connectivity index (χ0) is 17.7. The summed E-state index contributed by atoms with van der Waals surface area (Å²) in [4.78, 5) is 24.0. The third-order valence-corrected chi connectivity index (χ3v) is 4.07. The van der Waals surface area contributed by atoms with Crippen molar-refractivity contribution in [2.75, 3.05) is 6.61 Å². The highest BCUT2D eigenvalue weighted by atomic mass is 79.9. The first-order chi connectivity index (χ1) is 11.4. The zero-order valence-electron chi connectivity index (χ0n) is 14.0. The van der Waals surface area contributed by atoms with Crippen LogP contribution in [0.15, 0.2) is 33.4 Å². The van der Waals surface area contributed by atoms with Gasteiger partial charge in [-0.2, -0.15) is 0 Å². The molecule has 0 aliphatic carbocycles. The second-order valence-electron chi connectivity index (χ2n) is 5.44. The molecule has 0 aliphatic rings. The van der Waals surface area contributed by atoms with Crippen LogP contribution in [0.5, 0.6) is 0 Å². The van der Waals surface area contributed by atoms with Gasteiger partial charge in [0.05, 0.1) is 0 Å². The molecule has 24 heavy (non-hydrogen) atoms. The number of furan rings is 1. The SMILES string of the molecule is CCCn1c(C)cc(C(=O)COC(=O)/C=C/c2ccc(Br)o2)c1C. The number of nitrogens with zero attached hydrogens (tertiary/aromatic N) is 1. The third kappa shape index (κ3) is 4.47. The van der Waals surface area contributed by atoms with Gasteiger partial charge < -0.3 is 13.7 Å². The van der Waals surface area contributed by atoms with Crippen LogP contribution >= 0.6 is 15.9 Å². The van der Waals surface area contributed by atoms with Crippen LogP contribution in [0.2, 0.25) is 0 Å². The van der Waals surface area contributed by atoms with Crippen LogP contribution in [0.1, 0.15) is 40.9 Å². The van der Waals surface area contributed by atoms with E-state index in [2.05, 4.69) is 27.4 Å². The van der Waals surface area contributed by atoms with Crippen molar-refractivity contribution in [1.82, 2.24) is 4.57 Å². The number of aryl methyl sites for hydroxylation is 1. The first-order valence-corrected chi connectivity index (χ1v) is 8.51. The van der Waals surface area contributed by atoms with Crippen LogP contribution in [0, 0.1) is 13.8 Å². The van der Waals surface area contributed by atoms with Crippen molar-refractivity contribution in [3.8, 4) is 0 Å². The van der Waals surface area contributed by atoms with E-state index in [0.29, 0.717) is 16.0 Å². The Hall–Kier alpha value is -2.08. The molecule has 0 N–H and O–H groups in total. The Balaban J connectivity index is 1.94. The first kappa shape index (κ1) is 18.3. The minimum absolute atomic E-state index is 0.201. The third-order valence-electron chi connectivity index (χ3n) is 3.64. The highest BCUT2D eigenvalue weighted by Crippen LogP contribution is 2.17. The van der Waals surface area contributed by atoms with Gasteiger partial charge in [0.15, 0.2) is 11.3 Å². The lowest BCUT2D eigenvalue weighted by Gasteiger charge is -2.07. The van der Waals surface area contributed by atoms with Crippen LogP contribution in [-0.2, 0) is 16.1 Å². The molecule has 0 radical (unpaired) electrons. The number of esters is 1. The summed E-state index contributed by atoms with van der Waals surface area (Å²) in [6, 6.07) is 5.28. The second kappa shape index (κ2) is 8.15. The number of halogens is 1. The van der Waals surface area contributed by atoms with Crippen LogP contribution in [0.4, 0.5) is 0 Å². The molecule has 6 heteroatoms. The van der Waals surface area contributed by atoms with Gasteiger partial charge in [-0.05, 0) is 60.5 Å². The number of aromatic nitrogens is 1. The topological polar surface area (TPSA) is 61.4 Å². The molecule has 2 aromatic heterocycles. The molecule has 5 nitrogen and oxygen atoms in total. The van der Waals surface area contributed by atoms with Crippen molar-refractivity contribution in [3.05, 3.63) is 51.7 Å². The van der Waals surface area contributed by atoms with E-state index in [1.165, 1.54) is 12.2 Å². The molecule has 128 valence electrons. The van der Waals surface area contributed by atoms with Crippen molar-refractivity contribution in [2.24, 2.45) is 0 Å². The fraction of sp³-hybridized carbons (Fsp3) is 0.333. The molecule has 0 saturated carbocycles. The lowest BCUT2D eigenvalue weighted by Crippen LogP contribution is -2.13. The van der Waals surface area contributed by atoms with Gasteiger partial charge in [0, 0.05) is 29.6 Å². The molecule has 0 bridgehead atoms. The molecule has 0 spiro atoms. The molecule has 0 unspecified atom stereocenters. The van der Waals surface area contributed by atoms with Gasteiger partial charge in [0.2, 0.25) is 5.78 Å². The lowest BCUT2D eigenvalue weighted by atomic mass is 10.1. The van der Waals surface area contributed by atoms with Crippen LogP contribution < -0.4 is 0 Å². The molecule has 0 atom stereocenters. The molecule has 0 saturated heterocycles. The number of ketones is 1. The monoisotopic (exact) mass is 393 g/mol. The number of Topliss-reactive ketones (excluding diaryl/α,β-unsaturated/α-hetero) is 1. The molecule has 2 aromatic rings. The fourth-order valence-corrected chi connectivity index (χ4v) is 2.80. The van der Waals surface area contributed by atoms with E-state index in [4.69, 9.17) is 9.15 Å². The van der Waals surface area contributed by atoms with Gasteiger partial charge in [-0.1, -0.05) is 6.92 Å². The number of hydrogen-bond acceptors (Lipinski definition) is 4. The summed E-state index contributed by atoms with van der Waals surface area (Å²) in [5, 5.41) is 0. The standard InChI is InChI=1S/C18H20BrNO4/c1-4-9-20-12(2)10-15(13(20)3)16(21)11-23-18(22)8-6-14-5-7-17(19)24-14/h5-8,10H,4,9,11H2,1-3H3/b8-6+. The minimum atomic E-state index is -0.585. The molecule has 2 heterocycles. The molecule has 0 aliphatic heterocycles. The smallest absolute Gasteiger partial charge is 0.331 e. The summed E-state index contributed by atoms with van der Waals surface area (Å²) < 4.78 is 12.9. The summed E-state index contributed by atoms with van der Waals surface area (Å²) in [5.74, 6) is -0.264. The Morgan fingerprint density at radius 1 is 1.33 bits per heavy atom. The fourth-order valence-electron chi connectivity index (χ4n) is 2.48. The van der Waals surface area contributed by atoms with Crippen LogP contribution in [0.3, 0.4) is 0 Å². The Morgan fingerprint density at radius 2 is 2.08 bits per heavy atom. The van der Waals surface area contributed by atoms with Crippen LogP contribution in [0.25, 0.3) is 6.08 Å². The van der Waals surface area contributed by atoms with E-state index in [1.54, 1.807) is 12.1 Å². The predicted molar refractivity (Wildman–Crippen MR) is 94.9 cm³/mol. The molecule has 2 rings (SSSR count). The van der Waals surface area contributed by atoms with E-state index < -0.39 is 5.97 Å². The average molecular weight is 394 g/mol. The Kier molecular flexibility index (Phi) is 6.20. The van der Waals surface area contributed by atoms with Gasteiger partial charge in [-0.3, -0.25) is 4.79 Å². The summed E-state index contributed by atoms with van der Waals surface area (Å²) in [7, 11) is 0. The maximum absolute atomic E-state index is 12.3. The highest BCUT2D eigenvalue weighted by Gasteiger charge is 2.16. The zero-order valence-corrected chi connectivity index (χ0v) is 15.6. The summed E-state index contributed by atoms with van der Waals surface area (Å²) in [6.45, 7) is 6.56. The number of hydrogen-bond donors (Lipinski definition) is 0. The Morgan fingerprint density at radius 3 is 2.71 bits per heavy atom. The van der Waals surface area contributed by atoms with E-state index in [1.807, 2.05) is 19.9 Å². The highest BCUT2D eigenvalue weighted by molar-refractivity contribution is 9.10. The summed E-state index contributed by atoms with van der Waals surface area (Å²) in [6.07, 6.45) is 3.72. The molecule has 0 amide bonds. The van der Waals surface area contributed by atoms with Crippen LogP contribution in [-0.4, -0.2) is 22.9 Å². The van der Waals surface area contributed by atoms with Crippen molar-refractivity contribution >= 4 is 33.8 Å². The van der Waals surface area contributed by atoms with E-state index in [9.17, 15) is 9.59 Å². The van der Waals surface area contributed by atoms with Crippen molar-refractivity contribution in [1.29, 1.82) is 0 Å². The van der Waals surface area contributed by atoms with E-state index in [-0.39, 0.29) is 12.4 Å². The normalized spacial score (nSPS) is 11.2. The average Bonchev–Trinajstić information content (AvgIpc) is 3.09. The quantitative estimate of drug-likeness (QED) is 0.399. The van der Waals surface area contributed by atoms with Gasteiger partial charge in [0.1, 0.15) is 5.76 Å². The Bertz CT molecular complexity index is 770. The van der Waals surface area contributed by atoms with Gasteiger partial charge >= 0.3 is 5.97 Å². The Labute approximate surface area is 149 Å². The number of rotatable bonds is 7. The van der Waals surface area contributed by atoms with Gasteiger partial charge in [-0.15, -0.1) is 0 Å². The van der Waals surface area contributed by atoms with E-state index >= 15 is 0 Å². The summed E-state index contributed by atoms with van der Waals surface area (Å²) >= 11 is 3.18. The minimum Gasteiger partial charge on any atom is -0.454 e. The van der Waals surface area contributed by atoms with Gasteiger partial charge in [0.25, 0.3) is 0 Å². The largest absolute Gasteiger partial charge is 0.454 e. The lowest BCUT2D eigenvalue weighted by molar-refractivity contribution is -0.136. The number of carbonyl (C=O) groups is 2. The molecular weight excluding hydrogens is 374 g/mol. The number of ether oxygens (including phenoxy) is 1. The molecular formula is C18H20BrNO4. The summed E-state index contributed by atoms with van der Waals surface area (Å²) in [5.41, 5.74) is 2.55. The first-order valence-electron chi connectivity index (χ1n) is 7.72. The van der Waals surface area contributed by atoms with Crippen molar-refractivity contribution < 1.29 is 18.7 Å².